The van der Waals surface area contributed by atoms with E-state index in [1.54, 1.807) is 12.1 Å². The summed E-state index contributed by atoms with van der Waals surface area (Å²) in [7, 11) is 2.12. The SMILES string of the molecule is CN1CCc2ccc(NC(=O)[C@H]3CC(O)CN3C(=O)Nc3ccc(Br)cc3)cc2CC1. The Morgan fingerprint density at radius 3 is 2.42 bits per heavy atom. The number of hydrogen-bond acceptors (Lipinski definition) is 4. The first-order valence-electron chi connectivity index (χ1n) is 10.5. The predicted octanol–water partition coefficient (Wildman–Crippen LogP) is 3.09. The van der Waals surface area contributed by atoms with Gasteiger partial charge in [-0.2, -0.15) is 0 Å². The van der Waals surface area contributed by atoms with E-state index >= 15 is 0 Å². The second-order valence-corrected chi connectivity index (χ2v) is 9.19. The lowest BCUT2D eigenvalue weighted by molar-refractivity contribution is -0.119. The first-order valence-corrected chi connectivity index (χ1v) is 11.3. The molecule has 0 radical (unpaired) electrons. The van der Waals surface area contributed by atoms with Crippen molar-refractivity contribution < 1.29 is 14.7 Å². The van der Waals surface area contributed by atoms with E-state index in [1.807, 2.05) is 24.3 Å². The summed E-state index contributed by atoms with van der Waals surface area (Å²) in [6.45, 7) is 2.14. The van der Waals surface area contributed by atoms with Crippen LogP contribution in [-0.4, -0.2) is 65.7 Å². The van der Waals surface area contributed by atoms with E-state index in [2.05, 4.69) is 44.6 Å². The molecular formula is C23H27BrN4O3. The molecule has 8 heteroatoms. The van der Waals surface area contributed by atoms with Crippen LogP contribution in [0.5, 0.6) is 0 Å². The maximum absolute atomic E-state index is 13.0. The predicted molar refractivity (Wildman–Crippen MR) is 124 cm³/mol. The van der Waals surface area contributed by atoms with Crippen LogP contribution in [0.15, 0.2) is 46.9 Å². The van der Waals surface area contributed by atoms with Crippen LogP contribution in [0.25, 0.3) is 0 Å². The summed E-state index contributed by atoms with van der Waals surface area (Å²) in [4.78, 5) is 29.5. The molecule has 2 aromatic carbocycles. The minimum absolute atomic E-state index is 0.122. The van der Waals surface area contributed by atoms with Crippen molar-refractivity contribution in [2.75, 3.05) is 37.3 Å². The van der Waals surface area contributed by atoms with Crippen molar-refractivity contribution in [1.82, 2.24) is 9.80 Å². The molecule has 31 heavy (non-hydrogen) atoms. The third kappa shape index (κ3) is 5.26. The molecule has 2 heterocycles. The highest BCUT2D eigenvalue weighted by Gasteiger charge is 2.39. The minimum Gasteiger partial charge on any atom is -0.391 e. The summed E-state index contributed by atoms with van der Waals surface area (Å²) in [6.07, 6.45) is 1.43. The number of anilines is 2. The Kier molecular flexibility index (Phi) is 6.60. The van der Waals surface area contributed by atoms with E-state index in [0.29, 0.717) is 5.69 Å². The van der Waals surface area contributed by atoms with Gasteiger partial charge in [0.05, 0.1) is 6.10 Å². The Morgan fingerprint density at radius 1 is 1.00 bits per heavy atom. The van der Waals surface area contributed by atoms with Gasteiger partial charge in [-0.15, -0.1) is 0 Å². The molecule has 0 saturated carbocycles. The number of halogens is 1. The number of carbonyl (C=O) groups excluding carboxylic acids is 2. The van der Waals surface area contributed by atoms with Gasteiger partial charge in [-0.05, 0) is 67.4 Å². The van der Waals surface area contributed by atoms with Crippen LogP contribution in [0.4, 0.5) is 16.2 Å². The molecule has 1 saturated heterocycles. The number of likely N-dealkylation sites (tertiary alicyclic amines) is 1. The van der Waals surface area contributed by atoms with Gasteiger partial charge in [-0.3, -0.25) is 4.79 Å². The monoisotopic (exact) mass is 486 g/mol. The molecule has 3 N–H and O–H groups in total. The number of fused-ring (bicyclic) bond motifs is 1. The van der Waals surface area contributed by atoms with Gasteiger partial charge in [0.1, 0.15) is 6.04 Å². The fourth-order valence-electron chi connectivity index (χ4n) is 4.16. The molecule has 0 aliphatic carbocycles. The molecule has 164 valence electrons. The largest absolute Gasteiger partial charge is 0.391 e. The van der Waals surface area contributed by atoms with Crippen molar-refractivity contribution in [3.8, 4) is 0 Å². The van der Waals surface area contributed by atoms with Gasteiger partial charge in [0.2, 0.25) is 5.91 Å². The Balaban J connectivity index is 1.44. The van der Waals surface area contributed by atoms with Crippen LogP contribution in [0.3, 0.4) is 0 Å². The Morgan fingerprint density at radius 2 is 1.68 bits per heavy atom. The molecule has 4 rings (SSSR count). The zero-order valence-corrected chi connectivity index (χ0v) is 19.1. The number of hydrogen-bond donors (Lipinski definition) is 3. The third-order valence-electron chi connectivity index (χ3n) is 5.94. The number of carbonyl (C=O) groups is 2. The van der Waals surface area contributed by atoms with Gasteiger partial charge in [0, 0.05) is 41.9 Å². The Hall–Kier alpha value is -2.42. The number of rotatable bonds is 3. The molecule has 2 aliphatic heterocycles. The number of amides is 3. The van der Waals surface area contributed by atoms with Crippen LogP contribution in [0.1, 0.15) is 17.5 Å². The standard InChI is InChI=1S/C23H27BrN4O3/c1-27-10-8-15-2-5-19(12-16(15)9-11-27)25-22(30)21-13-20(29)14-28(21)23(31)26-18-6-3-17(24)4-7-18/h2-7,12,20-21,29H,8-11,13-14H2,1H3,(H,25,30)(H,26,31)/t20?,21-/m1/s1. The van der Waals surface area contributed by atoms with Crippen LogP contribution >= 0.6 is 15.9 Å². The smallest absolute Gasteiger partial charge is 0.322 e. The molecule has 2 aliphatic rings. The van der Waals surface area contributed by atoms with E-state index in [0.717, 1.165) is 36.1 Å². The van der Waals surface area contributed by atoms with Crippen LogP contribution in [-0.2, 0) is 17.6 Å². The van der Waals surface area contributed by atoms with Crippen molar-refractivity contribution >= 4 is 39.2 Å². The van der Waals surface area contributed by atoms with Crippen LogP contribution in [0.2, 0.25) is 0 Å². The van der Waals surface area contributed by atoms with Crippen molar-refractivity contribution in [3.05, 3.63) is 58.1 Å². The molecule has 7 nitrogen and oxygen atoms in total. The molecule has 2 aromatic rings. The van der Waals surface area contributed by atoms with Gasteiger partial charge in [-0.1, -0.05) is 22.0 Å². The number of aliphatic hydroxyl groups is 1. The molecule has 3 amide bonds. The van der Waals surface area contributed by atoms with E-state index in [-0.39, 0.29) is 18.9 Å². The van der Waals surface area contributed by atoms with Crippen molar-refractivity contribution in [2.24, 2.45) is 0 Å². The number of benzene rings is 2. The average Bonchev–Trinajstić information content (AvgIpc) is 3.05. The first-order chi connectivity index (χ1) is 14.9. The van der Waals surface area contributed by atoms with Crippen molar-refractivity contribution in [1.29, 1.82) is 0 Å². The van der Waals surface area contributed by atoms with Gasteiger partial charge < -0.3 is 25.5 Å². The maximum Gasteiger partial charge on any atom is 0.322 e. The molecule has 0 aromatic heterocycles. The van der Waals surface area contributed by atoms with E-state index in [1.165, 1.54) is 16.0 Å². The fraction of sp³-hybridized carbons (Fsp3) is 0.391. The summed E-state index contributed by atoms with van der Waals surface area (Å²) in [5.74, 6) is -0.284. The molecule has 0 spiro atoms. The highest BCUT2D eigenvalue weighted by atomic mass is 79.9. The normalized spacial score (nSPS) is 21.3. The van der Waals surface area contributed by atoms with Gasteiger partial charge in [0.15, 0.2) is 0 Å². The van der Waals surface area contributed by atoms with E-state index in [9.17, 15) is 14.7 Å². The third-order valence-corrected chi connectivity index (χ3v) is 6.47. The zero-order chi connectivity index (χ0) is 22.0. The number of likely N-dealkylation sites (N-methyl/N-ethyl adjacent to an activating group) is 1. The van der Waals surface area contributed by atoms with Gasteiger partial charge >= 0.3 is 6.03 Å². The number of β-amino-alcohol motifs (C(OH)–C–C–N with tert-alkyl or cyclic N) is 1. The summed E-state index contributed by atoms with van der Waals surface area (Å²) < 4.78 is 0.909. The highest BCUT2D eigenvalue weighted by molar-refractivity contribution is 9.10. The number of urea groups is 1. The van der Waals surface area contributed by atoms with Gasteiger partial charge in [0.25, 0.3) is 0 Å². The number of nitrogens with zero attached hydrogens (tertiary/aromatic N) is 2. The molecular weight excluding hydrogens is 460 g/mol. The quantitative estimate of drug-likeness (QED) is 0.622. The molecule has 0 bridgehead atoms. The molecule has 1 unspecified atom stereocenters. The van der Waals surface area contributed by atoms with E-state index < -0.39 is 18.2 Å². The number of aliphatic hydroxyl groups excluding tert-OH is 1. The summed E-state index contributed by atoms with van der Waals surface area (Å²) in [5.41, 5.74) is 3.92. The second kappa shape index (κ2) is 9.38. The summed E-state index contributed by atoms with van der Waals surface area (Å²) in [5, 5.41) is 15.9. The van der Waals surface area contributed by atoms with Crippen molar-refractivity contribution in [2.45, 2.75) is 31.4 Å². The maximum atomic E-state index is 13.0. The lowest BCUT2D eigenvalue weighted by Gasteiger charge is -2.24. The van der Waals surface area contributed by atoms with Crippen LogP contribution < -0.4 is 10.6 Å². The lowest BCUT2D eigenvalue weighted by Crippen LogP contribution is -2.45. The minimum atomic E-state index is -0.728. The highest BCUT2D eigenvalue weighted by Crippen LogP contribution is 2.24. The topological polar surface area (TPSA) is 84.9 Å². The van der Waals surface area contributed by atoms with Crippen molar-refractivity contribution in [3.63, 3.8) is 0 Å². The fourth-order valence-corrected chi connectivity index (χ4v) is 4.42. The summed E-state index contributed by atoms with van der Waals surface area (Å²) in [6, 6.07) is 12.1. The summed E-state index contributed by atoms with van der Waals surface area (Å²) >= 11 is 3.36. The Bertz CT molecular complexity index is 966. The Labute approximate surface area is 190 Å². The number of nitrogens with one attached hydrogen (secondary N) is 2. The zero-order valence-electron chi connectivity index (χ0n) is 17.5. The first kappa shape index (κ1) is 21.8. The molecule has 1 fully saturated rings. The average molecular weight is 487 g/mol. The van der Waals surface area contributed by atoms with Gasteiger partial charge in [-0.25, -0.2) is 4.79 Å². The second-order valence-electron chi connectivity index (χ2n) is 8.27. The molecule has 2 atom stereocenters. The lowest BCUT2D eigenvalue weighted by atomic mass is 10.0. The van der Waals surface area contributed by atoms with Crippen LogP contribution in [0, 0.1) is 0 Å². The van der Waals surface area contributed by atoms with E-state index in [4.69, 9.17) is 0 Å².